The van der Waals surface area contributed by atoms with Crippen LogP contribution in [0.25, 0.3) is 0 Å². The number of hydrogen-bond acceptors (Lipinski definition) is 3. The lowest BCUT2D eigenvalue weighted by Gasteiger charge is -2.20. The molecule has 0 aromatic rings. The van der Waals surface area contributed by atoms with E-state index in [-0.39, 0.29) is 0 Å². The first-order chi connectivity index (χ1) is 7.45. The van der Waals surface area contributed by atoms with Crippen LogP contribution in [0.1, 0.15) is 13.3 Å². The average molecular weight is 230 g/mol. The Hall–Kier alpha value is -1.30. The highest BCUT2D eigenvalue weighted by molar-refractivity contribution is 5.82. The molecule has 6 heteroatoms. The van der Waals surface area contributed by atoms with Crippen molar-refractivity contribution in [1.82, 2.24) is 10.2 Å². The molecular formula is C10H18N2O4. The molecular weight excluding hydrogens is 212 g/mol. The number of rotatable bonds is 5. The largest absolute Gasteiger partial charge is 0.480 e. The summed E-state index contributed by atoms with van der Waals surface area (Å²) in [6.07, 6.45) is 1.11. The first kappa shape index (κ1) is 12.8. The van der Waals surface area contributed by atoms with Gasteiger partial charge in [0.25, 0.3) is 0 Å². The third kappa shape index (κ3) is 3.37. The number of amides is 2. The predicted octanol–water partition coefficient (Wildman–Crippen LogP) is -0.271. The standard InChI is InChI=1S/C10H18N2O4/c1-6-3-7(6)4-12(2)10(16)11-8(5-13)9(14)15/h6-8,13H,3-5H2,1-2H3,(H,11,16)(H,14,15)/t6?,7?,8-/m0/s1. The molecule has 92 valence electrons. The van der Waals surface area contributed by atoms with Crippen molar-refractivity contribution in [3.05, 3.63) is 0 Å². The van der Waals surface area contributed by atoms with E-state index < -0.39 is 24.6 Å². The summed E-state index contributed by atoms with van der Waals surface area (Å²) in [5.41, 5.74) is 0. The molecule has 0 spiro atoms. The van der Waals surface area contributed by atoms with Crippen LogP contribution in [0.15, 0.2) is 0 Å². The van der Waals surface area contributed by atoms with Crippen LogP contribution in [-0.2, 0) is 4.79 Å². The molecule has 0 radical (unpaired) electrons. The highest BCUT2D eigenvalue weighted by Crippen LogP contribution is 2.37. The summed E-state index contributed by atoms with van der Waals surface area (Å²) >= 11 is 0. The number of carbonyl (C=O) groups excluding carboxylic acids is 1. The quantitative estimate of drug-likeness (QED) is 0.606. The van der Waals surface area contributed by atoms with Crippen molar-refractivity contribution in [2.45, 2.75) is 19.4 Å². The molecule has 2 amide bonds. The molecule has 1 saturated carbocycles. The molecule has 0 bridgehead atoms. The average Bonchev–Trinajstić information content (AvgIpc) is 2.89. The topological polar surface area (TPSA) is 89.9 Å². The van der Waals surface area contributed by atoms with Crippen LogP contribution in [0.5, 0.6) is 0 Å². The van der Waals surface area contributed by atoms with Crippen LogP contribution in [0.3, 0.4) is 0 Å². The third-order valence-electron chi connectivity index (χ3n) is 2.91. The Morgan fingerprint density at radius 3 is 2.50 bits per heavy atom. The van der Waals surface area contributed by atoms with Crippen molar-refractivity contribution in [2.24, 2.45) is 11.8 Å². The molecule has 1 fully saturated rings. The molecule has 1 rings (SSSR count). The molecule has 0 heterocycles. The maximum absolute atomic E-state index is 11.5. The zero-order valence-corrected chi connectivity index (χ0v) is 9.51. The minimum Gasteiger partial charge on any atom is -0.480 e. The van der Waals surface area contributed by atoms with Gasteiger partial charge >= 0.3 is 12.0 Å². The molecule has 6 nitrogen and oxygen atoms in total. The van der Waals surface area contributed by atoms with Gasteiger partial charge in [-0.15, -0.1) is 0 Å². The second-order valence-corrected chi connectivity index (χ2v) is 4.38. The van der Waals surface area contributed by atoms with Crippen molar-refractivity contribution in [1.29, 1.82) is 0 Å². The molecule has 0 saturated heterocycles. The zero-order valence-electron chi connectivity index (χ0n) is 9.51. The number of carboxylic acid groups (broad SMARTS) is 1. The smallest absolute Gasteiger partial charge is 0.328 e. The normalized spacial score (nSPS) is 24.7. The van der Waals surface area contributed by atoms with E-state index in [4.69, 9.17) is 10.2 Å². The van der Waals surface area contributed by atoms with Crippen molar-refractivity contribution in [2.75, 3.05) is 20.2 Å². The Bertz CT molecular complexity index is 282. The highest BCUT2D eigenvalue weighted by atomic mass is 16.4. The SMILES string of the molecule is CC1CC1CN(C)C(=O)N[C@@H](CO)C(=O)O. The molecule has 16 heavy (non-hydrogen) atoms. The number of aliphatic carboxylic acids is 1. The van der Waals surface area contributed by atoms with E-state index in [2.05, 4.69) is 12.2 Å². The minimum atomic E-state index is -1.23. The van der Waals surface area contributed by atoms with E-state index in [9.17, 15) is 9.59 Å². The van der Waals surface area contributed by atoms with Crippen LogP contribution >= 0.6 is 0 Å². The van der Waals surface area contributed by atoms with Gasteiger partial charge in [0.2, 0.25) is 0 Å². The van der Waals surface area contributed by atoms with Crippen molar-refractivity contribution in [3.8, 4) is 0 Å². The number of aliphatic hydroxyl groups excluding tert-OH is 1. The first-order valence-electron chi connectivity index (χ1n) is 5.31. The lowest BCUT2D eigenvalue weighted by molar-refractivity contribution is -0.140. The molecule has 0 aromatic heterocycles. The van der Waals surface area contributed by atoms with E-state index in [1.54, 1.807) is 7.05 Å². The molecule has 2 unspecified atom stereocenters. The highest BCUT2D eigenvalue weighted by Gasteiger charge is 2.34. The maximum atomic E-state index is 11.5. The maximum Gasteiger partial charge on any atom is 0.328 e. The Balaban J connectivity index is 2.35. The van der Waals surface area contributed by atoms with E-state index >= 15 is 0 Å². The lowest BCUT2D eigenvalue weighted by Crippen LogP contribution is -2.48. The number of aliphatic hydroxyl groups is 1. The Morgan fingerprint density at radius 2 is 2.12 bits per heavy atom. The predicted molar refractivity (Wildman–Crippen MR) is 56.9 cm³/mol. The van der Waals surface area contributed by atoms with Crippen molar-refractivity contribution >= 4 is 12.0 Å². The van der Waals surface area contributed by atoms with Crippen LogP contribution in [0.4, 0.5) is 4.79 Å². The van der Waals surface area contributed by atoms with Gasteiger partial charge < -0.3 is 20.4 Å². The number of hydrogen-bond donors (Lipinski definition) is 3. The van der Waals surface area contributed by atoms with Gasteiger partial charge in [-0.1, -0.05) is 6.92 Å². The number of nitrogens with one attached hydrogen (secondary N) is 1. The molecule has 1 aliphatic carbocycles. The lowest BCUT2D eigenvalue weighted by atomic mass is 10.3. The van der Waals surface area contributed by atoms with Crippen LogP contribution < -0.4 is 5.32 Å². The number of urea groups is 1. The fraction of sp³-hybridized carbons (Fsp3) is 0.800. The van der Waals surface area contributed by atoms with Crippen LogP contribution in [0, 0.1) is 11.8 Å². The molecule has 0 aromatic carbocycles. The summed E-state index contributed by atoms with van der Waals surface area (Å²) < 4.78 is 0. The van der Waals surface area contributed by atoms with Gasteiger partial charge in [0.05, 0.1) is 6.61 Å². The van der Waals surface area contributed by atoms with Crippen LogP contribution in [0.2, 0.25) is 0 Å². The van der Waals surface area contributed by atoms with E-state index in [1.165, 1.54) is 4.90 Å². The molecule has 1 aliphatic rings. The summed E-state index contributed by atoms with van der Waals surface area (Å²) in [6, 6.07) is -1.69. The second kappa shape index (κ2) is 5.16. The van der Waals surface area contributed by atoms with Gasteiger partial charge in [-0.2, -0.15) is 0 Å². The summed E-state index contributed by atoms with van der Waals surface area (Å²) in [5.74, 6) is -0.0689. The van der Waals surface area contributed by atoms with E-state index in [0.29, 0.717) is 18.4 Å². The molecule has 3 atom stereocenters. The third-order valence-corrected chi connectivity index (χ3v) is 2.91. The first-order valence-corrected chi connectivity index (χ1v) is 5.31. The Labute approximate surface area is 94.2 Å². The Kier molecular flexibility index (Phi) is 4.12. The van der Waals surface area contributed by atoms with Gasteiger partial charge in [0, 0.05) is 13.6 Å². The fourth-order valence-electron chi connectivity index (χ4n) is 1.53. The minimum absolute atomic E-state index is 0.458. The summed E-state index contributed by atoms with van der Waals surface area (Å²) in [4.78, 5) is 23.6. The molecule has 0 aliphatic heterocycles. The van der Waals surface area contributed by atoms with E-state index in [0.717, 1.165) is 6.42 Å². The number of carboxylic acids is 1. The summed E-state index contributed by atoms with van der Waals surface area (Å²) in [7, 11) is 1.62. The number of carbonyl (C=O) groups is 2. The van der Waals surface area contributed by atoms with Gasteiger partial charge in [-0.25, -0.2) is 9.59 Å². The second-order valence-electron chi connectivity index (χ2n) is 4.38. The van der Waals surface area contributed by atoms with Gasteiger partial charge in [-0.3, -0.25) is 0 Å². The Morgan fingerprint density at radius 1 is 1.56 bits per heavy atom. The zero-order chi connectivity index (χ0) is 12.3. The monoisotopic (exact) mass is 230 g/mol. The summed E-state index contributed by atoms with van der Waals surface area (Å²) in [6.45, 7) is 2.14. The van der Waals surface area contributed by atoms with Crippen molar-refractivity contribution < 1.29 is 19.8 Å². The fourth-order valence-corrected chi connectivity index (χ4v) is 1.53. The van der Waals surface area contributed by atoms with Gasteiger partial charge in [-0.05, 0) is 18.3 Å². The van der Waals surface area contributed by atoms with Gasteiger partial charge in [0.15, 0.2) is 6.04 Å². The molecule has 3 N–H and O–H groups in total. The van der Waals surface area contributed by atoms with Crippen molar-refractivity contribution in [3.63, 3.8) is 0 Å². The summed E-state index contributed by atoms with van der Waals surface area (Å²) in [5, 5.41) is 19.6. The van der Waals surface area contributed by atoms with Gasteiger partial charge in [0.1, 0.15) is 0 Å². The number of nitrogens with zero attached hydrogens (tertiary/aromatic N) is 1. The van der Waals surface area contributed by atoms with E-state index in [1.807, 2.05) is 0 Å². The van der Waals surface area contributed by atoms with Crippen LogP contribution in [-0.4, -0.2) is 53.4 Å².